The molecule has 0 spiro atoms. The summed E-state index contributed by atoms with van der Waals surface area (Å²) in [5.74, 6) is 0. The van der Waals surface area contributed by atoms with Gasteiger partial charge in [-0.2, -0.15) is 5.10 Å². The monoisotopic (exact) mass is 276 g/mol. The van der Waals surface area contributed by atoms with Crippen molar-refractivity contribution in [1.82, 2.24) is 14.7 Å². The van der Waals surface area contributed by atoms with Gasteiger partial charge in [0.25, 0.3) is 0 Å². The summed E-state index contributed by atoms with van der Waals surface area (Å²) in [7, 11) is 1.94. The van der Waals surface area contributed by atoms with E-state index in [1.807, 2.05) is 30.8 Å². The Labute approximate surface area is 117 Å². The van der Waals surface area contributed by atoms with Gasteiger partial charge in [0, 0.05) is 32.4 Å². The van der Waals surface area contributed by atoms with Crippen molar-refractivity contribution in [1.29, 1.82) is 0 Å². The minimum absolute atomic E-state index is 0.770. The fourth-order valence-electron chi connectivity index (χ4n) is 2.69. The van der Waals surface area contributed by atoms with Gasteiger partial charge in [-0.05, 0) is 24.1 Å². The number of nitrogens with zero attached hydrogens (tertiary/aromatic N) is 3. The highest BCUT2D eigenvalue weighted by Gasteiger charge is 2.23. The third-order valence-electron chi connectivity index (χ3n) is 3.72. The molecule has 0 aliphatic carbocycles. The van der Waals surface area contributed by atoms with Gasteiger partial charge in [-0.3, -0.25) is 9.58 Å². The van der Waals surface area contributed by atoms with E-state index in [0.717, 1.165) is 41.7 Å². The molecule has 2 heterocycles. The van der Waals surface area contributed by atoms with E-state index in [9.17, 15) is 0 Å². The average molecular weight is 277 g/mol. The number of halogens is 1. The molecule has 1 aliphatic heterocycles. The van der Waals surface area contributed by atoms with Crippen LogP contribution in [-0.4, -0.2) is 14.7 Å². The van der Waals surface area contributed by atoms with Crippen molar-refractivity contribution in [3.8, 4) is 0 Å². The van der Waals surface area contributed by atoms with Crippen molar-refractivity contribution in [2.45, 2.75) is 26.6 Å². The number of hydrogen-bond donors (Lipinski definition) is 1. The van der Waals surface area contributed by atoms with Crippen LogP contribution >= 0.6 is 11.6 Å². The Bertz CT molecular complexity index is 633. The number of hydrogen-bond acceptors (Lipinski definition) is 3. The zero-order valence-corrected chi connectivity index (χ0v) is 11.9. The number of aryl methyl sites for hydroxylation is 2. The van der Waals surface area contributed by atoms with Gasteiger partial charge >= 0.3 is 0 Å². The number of nitrogens with two attached hydrogens (primary N) is 1. The Morgan fingerprint density at radius 1 is 1.37 bits per heavy atom. The SMILES string of the molecule is Cc1nn(C)c(CN2Cc3cccc(N)c3C2)c1Cl. The number of benzene rings is 1. The van der Waals surface area contributed by atoms with Crippen LogP contribution in [0.5, 0.6) is 0 Å². The molecule has 4 nitrogen and oxygen atoms in total. The van der Waals surface area contributed by atoms with Crippen molar-refractivity contribution in [3.63, 3.8) is 0 Å². The van der Waals surface area contributed by atoms with Gasteiger partial charge < -0.3 is 5.73 Å². The van der Waals surface area contributed by atoms with E-state index in [1.165, 1.54) is 11.1 Å². The fourth-order valence-corrected chi connectivity index (χ4v) is 2.91. The predicted molar refractivity (Wildman–Crippen MR) is 76.8 cm³/mol. The molecule has 19 heavy (non-hydrogen) atoms. The molecule has 2 aromatic rings. The number of nitrogen functional groups attached to an aromatic ring is 1. The molecule has 1 aromatic heterocycles. The van der Waals surface area contributed by atoms with E-state index >= 15 is 0 Å². The van der Waals surface area contributed by atoms with Crippen LogP contribution in [0.25, 0.3) is 0 Å². The standard InChI is InChI=1S/C14H17ClN4/c1-9-14(15)13(18(2)17-9)8-19-6-10-4-3-5-12(16)11(10)7-19/h3-5H,6-8,16H2,1-2H3. The summed E-state index contributed by atoms with van der Waals surface area (Å²) in [4.78, 5) is 2.34. The van der Waals surface area contributed by atoms with Crippen molar-refractivity contribution in [3.05, 3.63) is 45.7 Å². The highest BCUT2D eigenvalue weighted by atomic mass is 35.5. The summed E-state index contributed by atoms with van der Waals surface area (Å²) < 4.78 is 1.87. The third-order valence-corrected chi connectivity index (χ3v) is 4.21. The van der Waals surface area contributed by atoms with Crippen LogP contribution in [0.4, 0.5) is 5.69 Å². The lowest BCUT2D eigenvalue weighted by molar-refractivity contribution is 0.268. The zero-order valence-electron chi connectivity index (χ0n) is 11.2. The second-order valence-electron chi connectivity index (χ2n) is 5.10. The number of rotatable bonds is 2. The Kier molecular flexibility index (Phi) is 2.99. The second kappa shape index (κ2) is 4.54. The fraction of sp³-hybridized carbons (Fsp3) is 0.357. The summed E-state index contributed by atoms with van der Waals surface area (Å²) in [6, 6.07) is 6.12. The van der Waals surface area contributed by atoms with Gasteiger partial charge in [0.1, 0.15) is 0 Å². The highest BCUT2D eigenvalue weighted by Crippen LogP contribution is 2.30. The second-order valence-corrected chi connectivity index (χ2v) is 5.48. The zero-order chi connectivity index (χ0) is 13.6. The average Bonchev–Trinajstić information content (AvgIpc) is 2.88. The van der Waals surface area contributed by atoms with E-state index in [-0.39, 0.29) is 0 Å². The van der Waals surface area contributed by atoms with E-state index < -0.39 is 0 Å². The number of fused-ring (bicyclic) bond motifs is 1. The van der Waals surface area contributed by atoms with Gasteiger partial charge in [-0.25, -0.2) is 0 Å². The molecule has 1 aliphatic rings. The summed E-state index contributed by atoms with van der Waals surface area (Å²) >= 11 is 6.30. The lowest BCUT2D eigenvalue weighted by atomic mass is 10.1. The first-order valence-corrected chi connectivity index (χ1v) is 6.70. The van der Waals surface area contributed by atoms with Gasteiger partial charge in [0.15, 0.2) is 0 Å². The predicted octanol–water partition coefficient (Wildman–Crippen LogP) is 2.48. The van der Waals surface area contributed by atoms with Crippen molar-refractivity contribution < 1.29 is 0 Å². The molecule has 0 saturated heterocycles. The summed E-state index contributed by atoms with van der Waals surface area (Å²) in [6.45, 7) is 4.52. The van der Waals surface area contributed by atoms with Crippen LogP contribution in [0.15, 0.2) is 18.2 Å². The normalized spacial score (nSPS) is 14.9. The third kappa shape index (κ3) is 2.11. The maximum atomic E-state index is 6.30. The summed E-state index contributed by atoms with van der Waals surface area (Å²) in [5.41, 5.74) is 11.4. The summed E-state index contributed by atoms with van der Waals surface area (Å²) in [6.07, 6.45) is 0. The molecule has 0 radical (unpaired) electrons. The van der Waals surface area contributed by atoms with Gasteiger partial charge in [0.2, 0.25) is 0 Å². The molecular weight excluding hydrogens is 260 g/mol. The Balaban J connectivity index is 1.83. The van der Waals surface area contributed by atoms with Gasteiger partial charge in [0.05, 0.1) is 16.4 Å². The van der Waals surface area contributed by atoms with E-state index in [0.29, 0.717) is 0 Å². The minimum Gasteiger partial charge on any atom is -0.398 e. The van der Waals surface area contributed by atoms with Crippen LogP contribution in [0, 0.1) is 6.92 Å². The summed E-state index contributed by atoms with van der Waals surface area (Å²) in [5, 5.41) is 5.12. The maximum absolute atomic E-state index is 6.30. The van der Waals surface area contributed by atoms with Gasteiger partial charge in [-0.15, -0.1) is 0 Å². The molecule has 0 unspecified atom stereocenters. The highest BCUT2D eigenvalue weighted by molar-refractivity contribution is 6.31. The molecule has 2 N–H and O–H groups in total. The van der Waals surface area contributed by atoms with Crippen molar-refractivity contribution in [2.75, 3.05) is 5.73 Å². The van der Waals surface area contributed by atoms with Crippen LogP contribution in [0.2, 0.25) is 5.02 Å². The van der Waals surface area contributed by atoms with Gasteiger partial charge in [-0.1, -0.05) is 23.7 Å². The van der Waals surface area contributed by atoms with E-state index in [4.69, 9.17) is 17.3 Å². The molecule has 0 atom stereocenters. The Morgan fingerprint density at radius 3 is 2.79 bits per heavy atom. The molecule has 0 amide bonds. The lowest BCUT2D eigenvalue weighted by Crippen LogP contribution is -2.18. The van der Waals surface area contributed by atoms with E-state index in [2.05, 4.69) is 16.1 Å². The first-order chi connectivity index (χ1) is 9.06. The Hall–Kier alpha value is -1.52. The molecule has 100 valence electrons. The smallest absolute Gasteiger partial charge is 0.0860 e. The molecule has 0 fully saturated rings. The van der Waals surface area contributed by atoms with Crippen LogP contribution < -0.4 is 5.73 Å². The minimum atomic E-state index is 0.770. The molecule has 1 aromatic carbocycles. The van der Waals surface area contributed by atoms with Crippen LogP contribution in [0.3, 0.4) is 0 Å². The molecule has 5 heteroatoms. The number of aromatic nitrogens is 2. The largest absolute Gasteiger partial charge is 0.398 e. The Morgan fingerprint density at radius 2 is 2.16 bits per heavy atom. The first kappa shape index (κ1) is 12.5. The quantitative estimate of drug-likeness (QED) is 0.857. The molecule has 0 bridgehead atoms. The maximum Gasteiger partial charge on any atom is 0.0860 e. The molecule has 0 saturated carbocycles. The topological polar surface area (TPSA) is 47.1 Å². The van der Waals surface area contributed by atoms with Crippen molar-refractivity contribution in [2.24, 2.45) is 7.05 Å². The van der Waals surface area contributed by atoms with Crippen LogP contribution in [0.1, 0.15) is 22.5 Å². The van der Waals surface area contributed by atoms with Crippen LogP contribution in [-0.2, 0) is 26.7 Å². The van der Waals surface area contributed by atoms with E-state index in [1.54, 1.807) is 0 Å². The first-order valence-electron chi connectivity index (χ1n) is 6.33. The molecule has 3 rings (SSSR count). The number of anilines is 1. The van der Waals surface area contributed by atoms with Crippen molar-refractivity contribution >= 4 is 17.3 Å². The molecular formula is C14H17ClN4. The lowest BCUT2D eigenvalue weighted by Gasteiger charge is -2.15.